The summed E-state index contributed by atoms with van der Waals surface area (Å²) < 4.78 is 19.2. The van der Waals surface area contributed by atoms with Crippen molar-refractivity contribution < 1.29 is 28.6 Å². The lowest BCUT2D eigenvalue weighted by atomic mass is 9.98. The predicted octanol–water partition coefficient (Wildman–Crippen LogP) is 5.17. The van der Waals surface area contributed by atoms with Gasteiger partial charge in [0.2, 0.25) is 5.91 Å². The van der Waals surface area contributed by atoms with Gasteiger partial charge in [0.25, 0.3) is 0 Å². The molecular weight excluding hydrogens is 451 g/mol. The number of hydrogen-bond acceptors (Lipinski definition) is 4. The molecule has 0 heterocycles. The first kappa shape index (κ1) is 23.9. The number of carbonyl (C=O) groups excluding carboxylic acids is 2. The number of anilines is 1. The Labute approximate surface area is 201 Å². The van der Waals surface area contributed by atoms with E-state index >= 15 is 0 Å². The molecule has 1 atom stereocenters. The number of carboxylic acid groups (broad SMARTS) is 1. The lowest BCUT2D eigenvalue weighted by Crippen LogP contribution is -2.44. The molecule has 4 rings (SSSR count). The van der Waals surface area contributed by atoms with E-state index in [0.29, 0.717) is 6.42 Å². The Morgan fingerprint density at radius 2 is 1.63 bits per heavy atom. The van der Waals surface area contributed by atoms with Crippen LogP contribution < -0.4 is 10.6 Å². The van der Waals surface area contributed by atoms with Gasteiger partial charge in [0.15, 0.2) is 0 Å². The van der Waals surface area contributed by atoms with Crippen molar-refractivity contribution in [2.24, 2.45) is 0 Å². The number of benzene rings is 3. The maximum Gasteiger partial charge on any atom is 0.407 e. The molecule has 0 saturated carbocycles. The quantitative estimate of drug-likeness (QED) is 0.416. The Morgan fingerprint density at radius 1 is 1.00 bits per heavy atom. The third-order valence-corrected chi connectivity index (χ3v) is 6.00. The second-order valence-corrected chi connectivity index (χ2v) is 8.30. The molecule has 3 aromatic rings. The third kappa shape index (κ3) is 5.16. The fourth-order valence-corrected chi connectivity index (χ4v) is 4.37. The molecule has 0 aliphatic heterocycles. The molecule has 0 saturated heterocycles. The summed E-state index contributed by atoms with van der Waals surface area (Å²) in [5.74, 6) is -2.79. The highest BCUT2D eigenvalue weighted by molar-refractivity contribution is 6.02. The fraction of sp³-hybridized carbons (Fsp3) is 0.222. The number of halogens is 1. The highest BCUT2D eigenvalue weighted by Crippen LogP contribution is 2.44. The molecule has 0 bridgehead atoms. The van der Waals surface area contributed by atoms with E-state index in [9.17, 15) is 23.9 Å². The molecule has 7 nitrogen and oxygen atoms in total. The van der Waals surface area contributed by atoms with Gasteiger partial charge in [0.05, 0.1) is 11.3 Å². The van der Waals surface area contributed by atoms with Crippen LogP contribution >= 0.6 is 0 Å². The van der Waals surface area contributed by atoms with Crippen molar-refractivity contribution in [3.63, 3.8) is 0 Å². The lowest BCUT2D eigenvalue weighted by molar-refractivity contribution is -0.118. The molecule has 1 aliphatic rings. The van der Waals surface area contributed by atoms with Crippen LogP contribution in [0, 0.1) is 5.82 Å². The van der Waals surface area contributed by atoms with Crippen LogP contribution in [0.25, 0.3) is 11.1 Å². The van der Waals surface area contributed by atoms with Crippen molar-refractivity contribution >= 4 is 23.7 Å². The van der Waals surface area contributed by atoms with Crippen molar-refractivity contribution in [2.75, 3.05) is 11.9 Å². The number of fused-ring (bicyclic) bond motifs is 3. The summed E-state index contributed by atoms with van der Waals surface area (Å²) in [4.78, 5) is 36.9. The predicted molar refractivity (Wildman–Crippen MR) is 129 cm³/mol. The standard InChI is InChI=1S/C27H25FN2O5/c1-2-7-23(25(31)29-24-14-16(28)12-13-21(24)26(32)33)30-27(34)35-15-22-19-10-5-3-8-17(19)18-9-4-6-11-20(18)22/h3-6,8-14,22-23H,2,7,15H2,1H3,(H,29,31)(H,30,34)(H,32,33). The number of rotatable bonds is 8. The number of alkyl carbamates (subject to hydrolysis) is 1. The monoisotopic (exact) mass is 476 g/mol. The van der Waals surface area contributed by atoms with Gasteiger partial charge in [-0.2, -0.15) is 0 Å². The molecule has 35 heavy (non-hydrogen) atoms. The number of amides is 2. The van der Waals surface area contributed by atoms with E-state index in [0.717, 1.165) is 40.5 Å². The van der Waals surface area contributed by atoms with E-state index in [1.165, 1.54) is 0 Å². The highest BCUT2D eigenvalue weighted by Gasteiger charge is 2.30. The zero-order chi connectivity index (χ0) is 24.9. The van der Waals surface area contributed by atoms with E-state index in [1.54, 1.807) is 0 Å². The summed E-state index contributed by atoms with van der Waals surface area (Å²) in [5.41, 5.74) is 3.90. The smallest absolute Gasteiger partial charge is 0.407 e. The van der Waals surface area contributed by atoms with Gasteiger partial charge in [-0.1, -0.05) is 61.9 Å². The van der Waals surface area contributed by atoms with Crippen molar-refractivity contribution in [3.05, 3.63) is 89.2 Å². The molecule has 3 aromatic carbocycles. The summed E-state index contributed by atoms with van der Waals surface area (Å²) in [7, 11) is 0. The van der Waals surface area contributed by atoms with Crippen LogP contribution in [0.2, 0.25) is 0 Å². The minimum atomic E-state index is -1.31. The summed E-state index contributed by atoms with van der Waals surface area (Å²) in [6, 6.07) is 17.9. The van der Waals surface area contributed by atoms with Gasteiger partial charge in [-0.15, -0.1) is 0 Å². The second-order valence-electron chi connectivity index (χ2n) is 8.30. The summed E-state index contributed by atoms with van der Waals surface area (Å²) >= 11 is 0. The molecular formula is C27H25FN2O5. The van der Waals surface area contributed by atoms with Crippen LogP contribution in [0.4, 0.5) is 14.9 Å². The van der Waals surface area contributed by atoms with Crippen LogP contribution in [0.1, 0.15) is 47.2 Å². The number of nitrogens with one attached hydrogen (secondary N) is 2. The molecule has 0 radical (unpaired) electrons. The summed E-state index contributed by atoms with van der Waals surface area (Å²) in [6.45, 7) is 1.93. The van der Waals surface area contributed by atoms with Crippen LogP contribution in [-0.4, -0.2) is 35.7 Å². The van der Waals surface area contributed by atoms with Crippen molar-refractivity contribution in [1.29, 1.82) is 0 Å². The van der Waals surface area contributed by atoms with Gasteiger partial charge < -0.3 is 20.5 Å². The molecule has 3 N–H and O–H groups in total. The number of hydrogen-bond donors (Lipinski definition) is 3. The normalized spacial score (nSPS) is 12.9. The maximum absolute atomic E-state index is 13.6. The molecule has 0 spiro atoms. The van der Waals surface area contributed by atoms with Crippen LogP contribution in [0.15, 0.2) is 66.7 Å². The van der Waals surface area contributed by atoms with E-state index in [2.05, 4.69) is 10.6 Å². The Morgan fingerprint density at radius 3 is 2.23 bits per heavy atom. The Kier molecular flexibility index (Phi) is 7.10. The van der Waals surface area contributed by atoms with Gasteiger partial charge in [0.1, 0.15) is 18.5 Å². The molecule has 0 aromatic heterocycles. The first-order valence-electron chi connectivity index (χ1n) is 11.3. The van der Waals surface area contributed by atoms with E-state index in [4.69, 9.17) is 4.74 Å². The van der Waals surface area contributed by atoms with Gasteiger partial charge >= 0.3 is 12.1 Å². The Bertz CT molecular complexity index is 1230. The SMILES string of the molecule is CCCC(NC(=O)OCC1c2ccccc2-c2ccccc21)C(=O)Nc1cc(F)ccc1C(=O)O. The van der Waals surface area contributed by atoms with Gasteiger partial charge in [-0.05, 0) is 46.9 Å². The first-order chi connectivity index (χ1) is 16.9. The van der Waals surface area contributed by atoms with Crippen molar-refractivity contribution in [1.82, 2.24) is 5.32 Å². The van der Waals surface area contributed by atoms with Gasteiger partial charge in [0, 0.05) is 5.92 Å². The Hall–Kier alpha value is -4.20. The number of ether oxygens (including phenoxy) is 1. The molecule has 2 amide bonds. The van der Waals surface area contributed by atoms with E-state index in [1.807, 2.05) is 55.5 Å². The summed E-state index contributed by atoms with van der Waals surface area (Å²) in [5, 5.41) is 14.3. The lowest BCUT2D eigenvalue weighted by Gasteiger charge is -2.20. The Balaban J connectivity index is 1.43. The van der Waals surface area contributed by atoms with Crippen LogP contribution in [0.3, 0.4) is 0 Å². The van der Waals surface area contributed by atoms with Gasteiger partial charge in [-0.25, -0.2) is 14.0 Å². The number of aromatic carboxylic acids is 1. The van der Waals surface area contributed by atoms with Crippen molar-refractivity contribution in [2.45, 2.75) is 31.7 Å². The minimum Gasteiger partial charge on any atom is -0.478 e. The largest absolute Gasteiger partial charge is 0.478 e. The third-order valence-electron chi connectivity index (χ3n) is 6.00. The van der Waals surface area contributed by atoms with Crippen LogP contribution in [0.5, 0.6) is 0 Å². The molecule has 180 valence electrons. The minimum absolute atomic E-state index is 0.0907. The topological polar surface area (TPSA) is 105 Å². The highest BCUT2D eigenvalue weighted by atomic mass is 19.1. The molecule has 8 heteroatoms. The summed E-state index contributed by atoms with van der Waals surface area (Å²) in [6.07, 6.45) is 0.0860. The molecule has 1 aliphatic carbocycles. The van der Waals surface area contributed by atoms with Gasteiger partial charge in [-0.3, -0.25) is 4.79 Å². The zero-order valence-corrected chi connectivity index (χ0v) is 19.1. The second kappa shape index (κ2) is 10.4. The molecule has 1 unspecified atom stereocenters. The van der Waals surface area contributed by atoms with E-state index in [-0.39, 0.29) is 30.2 Å². The number of carboxylic acids is 1. The average molecular weight is 477 g/mol. The van der Waals surface area contributed by atoms with Crippen molar-refractivity contribution in [3.8, 4) is 11.1 Å². The van der Waals surface area contributed by atoms with E-state index < -0.39 is 29.8 Å². The molecule has 0 fully saturated rings. The first-order valence-corrected chi connectivity index (χ1v) is 11.3. The number of carbonyl (C=O) groups is 3. The average Bonchev–Trinajstić information content (AvgIpc) is 3.16. The van der Waals surface area contributed by atoms with Crippen LogP contribution in [-0.2, 0) is 9.53 Å². The maximum atomic E-state index is 13.6. The fourth-order valence-electron chi connectivity index (χ4n) is 4.37. The zero-order valence-electron chi connectivity index (χ0n) is 19.1.